The van der Waals surface area contributed by atoms with Crippen LogP contribution >= 0.6 is 0 Å². The molecule has 96 valence electrons. The molecule has 2 atom stereocenters. The van der Waals surface area contributed by atoms with Gasteiger partial charge in [0, 0.05) is 25.5 Å². The van der Waals surface area contributed by atoms with Crippen LogP contribution in [-0.4, -0.2) is 28.9 Å². The molecule has 0 spiro atoms. The molecule has 18 heavy (non-hydrogen) atoms. The number of hydrazine groups is 1. The fraction of sp³-hybridized carbons (Fsp3) is 0.538. The van der Waals surface area contributed by atoms with Crippen molar-refractivity contribution in [3.8, 4) is 0 Å². The molecule has 0 radical (unpaired) electrons. The van der Waals surface area contributed by atoms with Gasteiger partial charge in [0.15, 0.2) is 0 Å². The van der Waals surface area contributed by atoms with E-state index in [0.717, 1.165) is 13.1 Å². The lowest BCUT2D eigenvalue weighted by molar-refractivity contribution is 0.0781. The molecule has 1 aliphatic heterocycles. The Bertz CT molecular complexity index is 450. The summed E-state index contributed by atoms with van der Waals surface area (Å²) in [6.07, 6.45) is 7.07. The van der Waals surface area contributed by atoms with E-state index in [1.807, 2.05) is 4.90 Å². The number of nitrogen functional groups attached to an aromatic ring is 1. The Balaban J connectivity index is 1.79. The number of anilines is 1. The number of fused-ring (bicyclic) bond motifs is 1. The number of nitrogens with zero attached hydrogens (tertiary/aromatic N) is 2. The van der Waals surface area contributed by atoms with Gasteiger partial charge in [-0.2, -0.15) is 0 Å². The molecule has 1 amide bonds. The highest BCUT2D eigenvalue weighted by molar-refractivity contribution is 5.99. The minimum Gasteiger partial charge on any atom is -0.338 e. The molecule has 5 nitrogen and oxygen atoms in total. The topological polar surface area (TPSA) is 71.2 Å². The predicted octanol–water partition coefficient (Wildman–Crippen LogP) is 1.24. The summed E-state index contributed by atoms with van der Waals surface area (Å²) in [4.78, 5) is 18.4. The van der Waals surface area contributed by atoms with Crippen LogP contribution in [0.5, 0.6) is 0 Å². The van der Waals surface area contributed by atoms with Crippen molar-refractivity contribution in [2.75, 3.05) is 18.5 Å². The fourth-order valence-corrected chi connectivity index (χ4v) is 3.26. The zero-order valence-electron chi connectivity index (χ0n) is 10.3. The van der Waals surface area contributed by atoms with Crippen molar-refractivity contribution >= 4 is 11.6 Å². The van der Waals surface area contributed by atoms with E-state index in [4.69, 9.17) is 5.84 Å². The molecule has 2 fully saturated rings. The molecule has 1 aromatic heterocycles. The number of rotatable bonds is 2. The van der Waals surface area contributed by atoms with Crippen LogP contribution in [0, 0.1) is 11.8 Å². The highest BCUT2D eigenvalue weighted by atomic mass is 16.2. The first-order chi connectivity index (χ1) is 8.79. The summed E-state index contributed by atoms with van der Waals surface area (Å²) in [6, 6.07) is 1.73. The lowest BCUT2D eigenvalue weighted by atomic mass is 10.0. The van der Waals surface area contributed by atoms with Crippen molar-refractivity contribution in [3.63, 3.8) is 0 Å². The van der Waals surface area contributed by atoms with Crippen LogP contribution in [0.2, 0.25) is 0 Å². The number of hydrogen-bond acceptors (Lipinski definition) is 4. The van der Waals surface area contributed by atoms with Gasteiger partial charge >= 0.3 is 0 Å². The zero-order chi connectivity index (χ0) is 12.5. The number of pyridine rings is 1. The minimum atomic E-state index is 0.0467. The van der Waals surface area contributed by atoms with Crippen LogP contribution in [0.4, 0.5) is 5.69 Å². The van der Waals surface area contributed by atoms with Gasteiger partial charge in [0.25, 0.3) is 5.91 Å². The smallest absolute Gasteiger partial charge is 0.257 e. The number of aromatic nitrogens is 1. The maximum atomic E-state index is 12.4. The zero-order valence-corrected chi connectivity index (χ0v) is 10.3. The molecular formula is C13H18N4O. The summed E-state index contributed by atoms with van der Waals surface area (Å²) in [7, 11) is 0. The molecule has 1 aromatic rings. The van der Waals surface area contributed by atoms with Crippen molar-refractivity contribution in [1.29, 1.82) is 0 Å². The summed E-state index contributed by atoms with van der Waals surface area (Å²) < 4.78 is 0. The predicted molar refractivity (Wildman–Crippen MR) is 68.8 cm³/mol. The Kier molecular flexibility index (Phi) is 2.91. The van der Waals surface area contributed by atoms with E-state index in [2.05, 4.69) is 10.4 Å². The molecule has 5 heteroatoms. The maximum absolute atomic E-state index is 12.4. The average Bonchev–Trinajstić information content (AvgIpc) is 2.98. The molecule has 2 unspecified atom stereocenters. The average molecular weight is 246 g/mol. The summed E-state index contributed by atoms with van der Waals surface area (Å²) >= 11 is 0. The summed E-state index contributed by atoms with van der Waals surface area (Å²) in [5, 5.41) is 0. The lowest BCUT2D eigenvalue weighted by Crippen LogP contribution is -2.30. The highest BCUT2D eigenvalue weighted by Crippen LogP contribution is 2.38. The van der Waals surface area contributed by atoms with Crippen LogP contribution < -0.4 is 11.3 Å². The van der Waals surface area contributed by atoms with Gasteiger partial charge < -0.3 is 10.3 Å². The number of likely N-dealkylation sites (tertiary alicyclic amines) is 1. The second-order valence-corrected chi connectivity index (χ2v) is 5.23. The summed E-state index contributed by atoms with van der Waals surface area (Å²) in [5.41, 5.74) is 3.78. The normalized spacial score (nSPS) is 26.2. The second-order valence-electron chi connectivity index (χ2n) is 5.23. The van der Waals surface area contributed by atoms with Gasteiger partial charge in [-0.05, 0) is 30.7 Å². The molecule has 3 rings (SSSR count). The van der Waals surface area contributed by atoms with E-state index in [1.165, 1.54) is 19.3 Å². The van der Waals surface area contributed by atoms with Crippen LogP contribution in [-0.2, 0) is 0 Å². The molecule has 1 saturated carbocycles. The molecule has 2 aliphatic rings. The van der Waals surface area contributed by atoms with Crippen molar-refractivity contribution in [3.05, 3.63) is 24.0 Å². The van der Waals surface area contributed by atoms with E-state index in [1.54, 1.807) is 18.5 Å². The van der Waals surface area contributed by atoms with Crippen molar-refractivity contribution in [1.82, 2.24) is 9.88 Å². The van der Waals surface area contributed by atoms with E-state index in [0.29, 0.717) is 23.1 Å². The molecule has 2 heterocycles. The monoisotopic (exact) mass is 246 g/mol. The molecule has 0 bridgehead atoms. The first-order valence-electron chi connectivity index (χ1n) is 6.49. The van der Waals surface area contributed by atoms with Crippen LogP contribution in [0.25, 0.3) is 0 Å². The van der Waals surface area contributed by atoms with Crippen molar-refractivity contribution in [2.24, 2.45) is 17.7 Å². The van der Waals surface area contributed by atoms with Gasteiger partial charge in [-0.25, -0.2) is 0 Å². The van der Waals surface area contributed by atoms with Gasteiger partial charge in [0.1, 0.15) is 0 Å². The quantitative estimate of drug-likeness (QED) is 0.608. The van der Waals surface area contributed by atoms with Gasteiger partial charge in [-0.3, -0.25) is 15.6 Å². The molecule has 3 N–H and O–H groups in total. The van der Waals surface area contributed by atoms with Crippen molar-refractivity contribution in [2.45, 2.75) is 19.3 Å². The van der Waals surface area contributed by atoms with Crippen molar-refractivity contribution < 1.29 is 4.79 Å². The molecule has 1 saturated heterocycles. The Morgan fingerprint density at radius 2 is 2.11 bits per heavy atom. The van der Waals surface area contributed by atoms with E-state index >= 15 is 0 Å². The van der Waals surface area contributed by atoms with Gasteiger partial charge in [-0.15, -0.1) is 0 Å². The Morgan fingerprint density at radius 1 is 1.39 bits per heavy atom. The van der Waals surface area contributed by atoms with E-state index < -0.39 is 0 Å². The Morgan fingerprint density at radius 3 is 2.78 bits per heavy atom. The largest absolute Gasteiger partial charge is 0.338 e. The van der Waals surface area contributed by atoms with Crippen LogP contribution in [0.1, 0.15) is 29.6 Å². The lowest BCUT2D eigenvalue weighted by Gasteiger charge is -2.18. The number of nitrogens with two attached hydrogens (primary N) is 1. The standard InChI is InChI=1S/C13H18N4O/c14-16-12-4-5-15-6-11(12)13(18)17-7-9-2-1-3-10(9)8-17/h4-6,9-10H,1-3,7-8,14H2,(H,15,16). The first kappa shape index (κ1) is 11.5. The molecule has 0 aromatic carbocycles. The summed E-state index contributed by atoms with van der Waals surface area (Å²) in [6.45, 7) is 1.78. The van der Waals surface area contributed by atoms with Crippen LogP contribution in [0.15, 0.2) is 18.5 Å². The SMILES string of the molecule is NNc1ccncc1C(=O)N1CC2CCCC2C1. The molecule has 1 aliphatic carbocycles. The van der Waals surface area contributed by atoms with Crippen LogP contribution in [0.3, 0.4) is 0 Å². The van der Waals surface area contributed by atoms with Gasteiger partial charge in [0.05, 0.1) is 11.3 Å². The van der Waals surface area contributed by atoms with Gasteiger partial charge in [0.2, 0.25) is 0 Å². The number of hydrogen-bond donors (Lipinski definition) is 2. The molecular weight excluding hydrogens is 228 g/mol. The first-order valence-corrected chi connectivity index (χ1v) is 6.49. The highest BCUT2D eigenvalue weighted by Gasteiger charge is 2.38. The third-order valence-electron chi connectivity index (χ3n) is 4.22. The fourth-order valence-electron chi connectivity index (χ4n) is 3.26. The maximum Gasteiger partial charge on any atom is 0.257 e. The Labute approximate surface area is 106 Å². The Hall–Kier alpha value is -1.62. The number of amides is 1. The van der Waals surface area contributed by atoms with E-state index in [9.17, 15) is 4.79 Å². The number of nitrogens with one attached hydrogen (secondary N) is 1. The third-order valence-corrected chi connectivity index (χ3v) is 4.22. The third kappa shape index (κ3) is 1.84. The summed E-state index contributed by atoms with van der Waals surface area (Å²) in [5.74, 6) is 6.89. The minimum absolute atomic E-state index is 0.0467. The number of carbonyl (C=O) groups is 1. The van der Waals surface area contributed by atoms with E-state index in [-0.39, 0.29) is 5.91 Å². The van der Waals surface area contributed by atoms with Gasteiger partial charge in [-0.1, -0.05) is 6.42 Å². The second kappa shape index (κ2) is 4.57. The number of carbonyl (C=O) groups excluding carboxylic acids is 1.